The van der Waals surface area contributed by atoms with Crippen LogP contribution in [0.5, 0.6) is 0 Å². The Hall–Kier alpha value is -3.28. The van der Waals surface area contributed by atoms with Gasteiger partial charge in [-0.1, -0.05) is 36.4 Å². The first-order valence-corrected chi connectivity index (χ1v) is 8.01. The van der Waals surface area contributed by atoms with Crippen molar-refractivity contribution in [1.29, 1.82) is 0 Å². The fraction of sp³-hybridized carbons (Fsp3) is 0.158. The van der Waals surface area contributed by atoms with E-state index in [9.17, 15) is 9.59 Å². The molecular formula is C19H20N4O2. The molecule has 0 spiro atoms. The lowest BCUT2D eigenvalue weighted by atomic mass is 10.2. The van der Waals surface area contributed by atoms with Crippen LogP contribution in [0, 0.1) is 0 Å². The smallest absolute Gasteiger partial charge is 0.267 e. The average molecular weight is 336 g/mol. The highest BCUT2D eigenvalue weighted by molar-refractivity contribution is 5.94. The van der Waals surface area contributed by atoms with Crippen LogP contribution in [0.4, 0.5) is 0 Å². The molecule has 0 aliphatic rings. The second-order valence-electron chi connectivity index (χ2n) is 5.17. The van der Waals surface area contributed by atoms with Crippen molar-refractivity contribution >= 4 is 24.2 Å². The highest BCUT2D eigenvalue weighted by atomic mass is 16.2. The van der Waals surface area contributed by atoms with Crippen molar-refractivity contribution in [1.82, 2.24) is 10.9 Å². The zero-order valence-corrected chi connectivity index (χ0v) is 13.8. The Morgan fingerprint density at radius 2 is 1.12 bits per heavy atom. The zero-order valence-electron chi connectivity index (χ0n) is 13.8. The second-order valence-corrected chi connectivity index (χ2v) is 5.17. The summed E-state index contributed by atoms with van der Waals surface area (Å²) in [5, 5.41) is 7.79. The van der Waals surface area contributed by atoms with Crippen LogP contribution in [0.2, 0.25) is 0 Å². The van der Waals surface area contributed by atoms with Crippen LogP contribution < -0.4 is 10.9 Å². The predicted molar refractivity (Wildman–Crippen MR) is 98.7 cm³/mol. The van der Waals surface area contributed by atoms with E-state index in [1.807, 2.05) is 12.1 Å². The van der Waals surface area contributed by atoms with E-state index in [2.05, 4.69) is 21.1 Å². The summed E-state index contributed by atoms with van der Waals surface area (Å²) >= 11 is 0. The normalized spacial score (nSPS) is 10.9. The van der Waals surface area contributed by atoms with Gasteiger partial charge < -0.3 is 0 Å². The van der Waals surface area contributed by atoms with Crippen molar-refractivity contribution in [3.05, 3.63) is 71.8 Å². The summed E-state index contributed by atoms with van der Waals surface area (Å²) in [5.74, 6) is -0.468. The number of amides is 2. The number of hydrogen-bond acceptors (Lipinski definition) is 4. The first kappa shape index (κ1) is 18.1. The van der Waals surface area contributed by atoms with Crippen LogP contribution in [-0.4, -0.2) is 24.2 Å². The SMILES string of the molecule is O=C(N/N=C/CCC/C=N/NC(=O)c1ccccc1)c1ccccc1. The predicted octanol–water partition coefficient (Wildman–Crippen LogP) is 2.99. The van der Waals surface area contributed by atoms with Crippen LogP contribution in [0.3, 0.4) is 0 Å². The maximum absolute atomic E-state index is 11.7. The minimum atomic E-state index is -0.234. The molecule has 2 N–H and O–H groups in total. The van der Waals surface area contributed by atoms with Crippen LogP contribution in [0.1, 0.15) is 40.0 Å². The number of nitrogens with one attached hydrogen (secondary N) is 2. The molecule has 6 heteroatoms. The Morgan fingerprint density at radius 3 is 1.52 bits per heavy atom. The third kappa shape index (κ3) is 6.78. The van der Waals surface area contributed by atoms with Crippen LogP contribution >= 0.6 is 0 Å². The third-order valence-corrected chi connectivity index (χ3v) is 3.25. The summed E-state index contributed by atoms with van der Waals surface area (Å²) in [6.45, 7) is 0. The number of hydrogen-bond donors (Lipinski definition) is 2. The van der Waals surface area contributed by atoms with Crippen molar-refractivity contribution in [2.75, 3.05) is 0 Å². The quantitative estimate of drug-likeness (QED) is 0.441. The van der Waals surface area contributed by atoms with Gasteiger partial charge in [-0.15, -0.1) is 0 Å². The largest absolute Gasteiger partial charge is 0.271 e. The van der Waals surface area contributed by atoms with Gasteiger partial charge in [0.1, 0.15) is 0 Å². The Bertz CT molecular complexity index is 664. The lowest BCUT2D eigenvalue weighted by Gasteiger charge is -1.99. The average Bonchev–Trinajstić information content (AvgIpc) is 2.67. The monoisotopic (exact) mass is 336 g/mol. The Balaban J connectivity index is 1.57. The lowest BCUT2D eigenvalue weighted by molar-refractivity contribution is 0.0947. The topological polar surface area (TPSA) is 82.9 Å². The van der Waals surface area contributed by atoms with Gasteiger partial charge in [-0.3, -0.25) is 9.59 Å². The Kier molecular flexibility index (Phi) is 7.58. The molecule has 2 aromatic carbocycles. The van der Waals surface area contributed by atoms with Crippen LogP contribution in [0.15, 0.2) is 70.9 Å². The molecule has 0 aliphatic heterocycles. The lowest BCUT2D eigenvalue weighted by Crippen LogP contribution is -2.17. The molecule has 0 aliphatic carbocycles. The molecule has 0 atom stereocenters. The molecule has 2 amide bonds. The number of unbranched alkanes of at least 4 members (excludes halogenated alkanes) is 2. The molecule has 2 rings (SSSR count). The fourth-order valence-electron chi connectivity index (χ4n) is 1.95. The summed E-state index contributed by atoms with van der Waals surface area (Å²) in [7, 11) is 0. The van der Waals surface area contributed by atoms with Gasteiger partial charge >= 0.3 is 0 Å². The van der Waals surface area contributed by atoms with Gasteiger partial charge in [0.2, 0.25) is 0 Å². The van der Waals surface area contributed by atoms with Crippen molar-refractivity contribution in [3.8, 4) is 0 Å². The summed E-state index contributed by atoms with van der Waals surface area (Å²) in [6, 6.07) is 17.8. The number of nitrogens with zero attached hydrogens (tertiary/aromatic N) is 2. The summed E-state index contributed by atoms with van der Waals surface area (Å²) in [6.07, 6.45) is 5.52. The van der Waals surface area contributed by atoms with Crippen molar-refractivity contribution in [3.63, 3.8) is 0 Å². The minimum absolute atomic E-state index is 0.234. The summed E-state index contributed by atoms with van der Waals surface area (Å²) in [4.78, 5) is 23.4. The van der Waals surface area contributed by atoms with E-state index in [-0.39, 0.29) is 11.8 Å². The number of hydrazone groups is 2. The standard InChI is InChI=1S/C19H20N4O2/c24-18(16-10-4-1-5-11-16)22-20-14-8-3-9-15-21-23-19(25)17-12-6-2-7-13-17/h1-2,4-7,10-15H,3,8-9H2,(H,22,24)(H,23,25)/b20-14+,21-15+. The van der Waals surface area contributed by atoms with Crippen molar-refractivity contribution in [2.45, 2.75) is 19.3 Å². The molecule has 0 heterocycles. The van der Waals surface area contributed by atoms with Gasteiger partial charge in [0.05, 0.1) is 0 Å². The third-order valence-electron chi connectivity index (χ3n) is 3.25. The van der Waals surface area contributed by atoms with Crippen LogP contribution in [0.25, 0.3) is 0 Å². The molecule has 0 unspecified atom stereocenters. The molecule has 6 nitrogen and oxygen atoms in total. The van der Waals surface area contributed by atoms with Gasteiger partial charge in [0.25, 0.3) is 11.8 Å². The van der Waals surface area contributed by atoms with E-state index < -0.39 is 0 Å². The molecule has 0 saturated heterocycles. The molecule has 0 aromatic heterocycles. The highest BCUT2D eigenvalue weighted by Gasteiger charge is 2.01. The Morgan fingerprint density at radius 1 is 0.720 bits per heavy atom. The van der Waals surface area contributed by atoms with E-state index >= 15 is 0 Å². The number of carbonyl (C=O) groups is 2. The number of carbonyl (C=O) groups excluding carboxylic acids is 2. The van der Waals surface area contributed by atoms with Gasteiger partial charge in [0.15, 0.2) is 0 Å². The van der Waals surface area contributed by atoms with E-state index in [4.69, 9.17) is 0 Å². The van der Waals surface area contributed by atoms with E-state index in [1.54, 1.807) is 61.0 Å². The van der Waals surface area contributed by atoms with Crippen molar-refractivity contribution < 1.29 is 9.59 Å². The minimum Gasteiger partial charge on any atom is -0.267 e. The van der Waals surface area contributed by atoms with Crippen LogP contribution in [-0.2, 0) is 0 Å². The number of rotatable bonds is 8. The maximum Gasteiger partial charge on any atom is 0.271 e. The first-order chi connectivity index (χ1) is 12.3. The highest BCUT2D eigenvalue weighted by Crippen LogP contribution is 1.98. The summed E-state index contributed by atoms with van der Waals surface area (Å²) < 4.78 is 0. The van der Waals surface area contributed by atoms with Gasteiger partial charge in [-0.25, -0.2) is 10.9 Å². The first-order valence-electron chi connectivity index (χ1n) is 8.01. The molecule has 2 aromatic rings. The molecule has 0 fully saturated rings. The molecule has 0 saturated carbocycles. The van der Waals surface area contributed by atoms with E-state index in [1.165, 1.54) is 0 Å². The number of benzene rings is 2. The van der Waals surface area contributed by atoms with Gasteiger partial charge in [0, 0.05) is 23.6 Å². The second kappa shape index (κ2) is 10.5. The summed E-state index contributed by atoms with van der Waals surface area (Å²) in [5.41, 5.74) is 6.09. The van der Waals surface area contributed by atoms with E-state index in [0.717, 1.165) is 6.42 Å². The van der Waals surface area contributed by atoms with Gasteiger partial charge in [-0.05, 0) is 43.5 Å². The molecule has 128 valence electrons. The Labute approximate surface area is 146 Å². The molecule has 0 bridgehead atoms. The van der Waals surface area contributed by atoms with Gasteiger partial charge in [-0.2, -0.15) is 10.2 Å². The molecule has 25 heavy (non-hydrogen) atoms. The fourth-order valence-corrected chi connectivity index (χ4v) is 1.95. The zero-order chi connectivity index (χ0) is 17.7. The molecule has 0 radical (unpaired) electrons. The maximum atomic E-state index is 11.7. The molecular weight excluding hydrogens is 316 g/mol. The van der Waals surface area contributed by atoms with E-state index in [0.29, 0.717) is 24.0 Å². The van der Waals surface area contributed by atoms with Crippen molar-refractivity contribution in [2.24, 2.45) is 10.2 Å².